The Bertz CT molecular complexity index is 982. The minimum absolute atomic E-state index is 0.0447. The first kappa shape index (κ1) is 17.8. The highest BCUT2D eigenvalue weighted by Gasteiger charge is 2.16. The van der Waals surface area contributed by atoms with Gasteiger partial charge in [0.05, 0.1) is 12.5 Å². The third kappa shape index (κ3) is 4.06. The summed E-state index contributed by atoms with van der Waals surface area (Å²) < 4.78 is 21.7. The molecule has 0 atom stereocenters. The van der Waals surface area contributed by atoms with Crippen molar-refractivity contribution >= 4 is 11.9 Å². The van der Waals surface area contributed by atoms with Gasteiger partial charge in [0.25, 0.3) is 5.91 Å². The topological polar surface area (TPSA) is 95.7 Å². The maximum Gasteiger partial charge on any atom is 0.322 e. The van der Waals surface area contributed by atoms with Gasteiger partial charge in [-0.2, -0.15) is 0 Å². The summed E-state index contributed by atoms with van der Waals surface area (Å²) in [6.07, 6.45) is 0.488. The molecule has 0 spiro atoms. The number of fused-ring (bicyclic) bond motifs is 1. The SMILES string of the molecule is CC(C)Oc1ccc(C(=O)Nc2nnc(Cc3ccc4c(c3)OCO4)o2)cc1. The Morgan fingerprint density at radius 2 is 1.89 bits per heavy atom. The second kappa shape index (κ2) is 7.59. The number of hydrogen-bond acceptors (Lipinski definition) is 7. The monoisotopic (exact) mass is 381 g/mol. The lowest BCUT2D eigenvalue weighted by Crippen LogP contribution is -2.12. The van der Waals surface area contributed by atoms with Crippen molar-refractivity contribution in [1.82, 2.24) is 10.2 Å². The first-order valence-electron chi connectivity index (χ1n) is 8.86. The molecular formula is C20H19N3O5. The molecule has 0 bridgehead atoms. The first-order valence-corrected chi connectivity index (χ1v) is 8.86. The number of rotatable bonds is 6. The van der Waals surface area contributed by atoms with E-state index in [1.165, 1.54) is 0 Å². The largest absolute Gasteiger partial charge is 0.491 e. The molecule has 28 heavy (non-hydrogen) atoms. The van der Waals surface area contributed by atoms with Gasteiger partial charge in [-0.1, -0.05) is 11.2 Å². The number of anilines is 1. The minimum atomic E-state index is -0.339. The van der Waals surface area contributed by atoms with Crippen LogP contribution >= 0.6 is 0 Å². The number of aromatic nitrogens is 2. The number of amides is 1. The molecule has 0 saturated heterocycles. The Morgan fingerprint density at radius 1 is 1.11 bits per heavy atom. The Balaban J connectivity index is 1.38. The second-order valence-electron chi connectivity index (χ2n) is 6.51. The van der Waals surface area contributed by atoms with Crippen molar-refractivity contribution in [2.45, 2.75) is 26.4 Å². The minimum Gasteiger partial charge on any atom is -0.491 e. The van der Waals surface area contributed by atoms with E-state index in [1.54, 1.807) is 24.3 Å². The maximum absolute atomic E-state index is 12.3. The number of carbonyl (C=O) groups excluding carboxylic acids is 1. The summed E-state index contributed by atoms with van der Waals surface area (Å²) >= 11 is 0. The van der Waals surface area contributed by atoms with Gasteiger partial charge in [-0.15, -0.1) is 5.10 Å². The van der Waals surface area contributed by atoms with Crippen LogP contribution in [0.1, 0.15) is 35.7 Å². The molecule has 8 nitrogen and oxygen atoms in total. The third-order valence-corrected chi connectivity index (χ3v) is 3.97. The molecule has 1 amide bonds. The summed E-state index contributed by atoms with van der Waals surface area (Å²) in [4.78, 5) is 12.3. The molecule has 1 aliphatic rings. The van der Waals surface area contributed by atoms with Gasteiger partial charge in [0.1, 0.15) is 5.75 Å². The van der Waals surface area contributed by atoms with Crippen molar-refractivity contribution in [2.24, 2.45) is 0 Å². The quantitative estimate of drug-likeness (QED) is 0.699. The Hall–Kier alpha value is -3.55. The van der Waals surface area contributed by atoms with Crippen molar-refractivity contribution in [2.75, 3.05) is 12.1 Å². The zero-order chi connectivity index (χ0) is 19.5. The molecule has 1 N–H and O–H groups in total. The zero-order valence-electron chi connectivity index (χ0n) is 15.5. The molecule has 3 aromatic rings. The van der Waals surface area contributed by atoms with Crippen LogP contribution in [0.4, 0.5) is 6.01 Å². The van der Waals surface area contributed by atoms with Gasteiger partial charge in [-0.3, -0.25) is 10.1 Å². The molecule has 0 aliphatic carbocycles. The molecule has 1 aromatic heterocycles. The molecule has 0 unspecified atom stereocenters. The Labute approximate surface area is 161 Å². The molecule has 0 radical (unpaired) electrons. The number of hydrogen-bond donors (Lipinski definition) is 1. The lowest BCUT2D eigenvalue weighted by Gasteiger charge is -2.09. The van der Waals surface area contributed by atoms with E-state index in [1.807, 2.05) is 32.0 Å². The fraction of sp³-hybridized carbons (Fsp3) is 0.250. The molecule has 0 fully saturated rings. The van der Waals surface area contributed by atoms with Gasteiger partial charge >= 0.3 is 6.01 Å². The second-order valence-corrected chi connectivity index (χ2v) is 6.51. The summed E-state index contributed by atoms with van der Waals surface area (Å²) in [6.45, 7) is 4.11. The summed E-state index contributed by atoms with van der Waals surface area (Å²) in [5, 5.41) is 10.5. The van der Waals surface area contributed by atoms with Crippen LogP contribution in [0, 0.1) is 0 Å². The fourth-order valence-corrected chi connectivity index (χ4v) is 2.73. The molecule has 4 rings (SSSR count). The molecule has 8 heteroatoms. The summed E-state index contributed by atoms with van der Waals surface area (Å²) in [6, 6.07) is 12.5. The van der Waals surface area contributed by atoms with Crippen LogP contribution in [0.25, 0.3) is 0 Å². The van der Waals surface area contributed by atoms with E-state index >= 15 is 0 Å². The number of benzene rings is 2. The third-order valence-electron chi connectivity index (χ3n) is 3.97. The molecule has 2 aromatic carbocycles. The Kier molecular flexibility index (Phi) is 4.84. The lowest BCUT2D eigenvalue weighted by atomic mass is 10.1. The molecule has 144 valence electrons. The smallest absolute Gasteiger partial charge is 0.322 e. The molecular weight excluding hydrogens is 362 g/mol. The van der Waals surface area contributed by atoms with Crippen molar-refractivity contribution in [1.29, 1.82) is 0 Å². The zero-order valence-corrected chi connectivity index (χ0v) is 15.5. The van der Waals surface area contributed by atoms with Gasteiger partial charge in [-0.05, 0) is 55.8 Å². The van der Waals surface area contributed by atoms with E-state index < -0.39 is 0 Å². The van der Waals surface area contributed by atoms with E-state index in [9.17, 15) is 4.79 Å². The van der Waals surface area contributed by atoms with Gasteiger partial charge in [0.2, 0.25) is 12.7 Å². The van der Waals surface area contributed by atoms with E-state index in [4.69, 9.17) is 18.6 Å². The summed E-state index contributed by atoms with van der Waals surface area (Å²) in [5.41, 5.74) is 1.40. The summed E-state index contributed by atoms with van der Waals surface area (Å²) in [5.74, 6) is 2.15. The predicted octanol–water partition coefficient (Wildman–Crippen LogP) is 3.43. The van der Waals surface area contributed by atoms with Crippen LogP contribution in [0.3, 0.4) is 0 Å². The first-order chi connectivity index (χ1) is 13.6. The van der Waals surface area contributed by atoms with Crippen molar-refractivity contribution in [3.8, 4) is 17.2 Å². The van der Waals surface area contributed by atoms with E-state index in [0.29, 0.717) is 35.1 Å². The highest BCUT2D eigenvalue weighted by molar-refractivity contribution is 6.03. The van der Waals surface area contributed by atoms with Gasteiger partial charge in [0, 0.05) is 5.56 Å². The standard InChI is InChI=1S/C20H19N3O5/c1-12(2)27-15-6-4-14(5-7-15)19(24)21-20-23-22-18(28-20)10-13-3-8-16-17(9-13)26-11-25-16/h3-9,12H,10-11H2,1-2H3,(H,21,23,24). The van der Waals surface area contributed by atoms with Crippen molar-refractivity contribution in [3.05, 3.63) is 59.5 Å². The number of ether oxygens (including phenoxy) is 3. The van der Waals surface area contributed by atoms with Crippen molar-refractivity contribution in [3.63, 3.8) is 0 Å². The number of nitrogens with one attached hydrogen (secondary N) is 1. The van der Waals surface area contributed by atoms with Gasteiger partial charge in [-0.25, -0.2) is 0 Å². The number of carbonyl (C=O) groups is 1. The van der Waals surface area contributed by atoms with E-state index in [-0.39, 0.29) is 24.8 Å². The molecule has 1 aliphatic heterocycles. The van der Waals surface area contributed by atoms with Crippen LogP contribution in [0.5, 0.6) is 17.2 Å². The highest BCUT2D eigenvalue weighted by Crippen LogP contribution is 2.33. The molecule has 0 saturated carbocycles. The van der Waals surface area contributed by atoms with Crippen LogP contribution in [-0.4, -0.2) is 29.0 Å². The van der Waals surface area contributed by atoms with Gasteiger partial charge in [0.15, 0.2) is 11.5 Å². The Morgan fingerprint density at radius 3 is 2.68 bits per heavy atom. The van der Waals surface area contributed by atoms with E-state index in [2.05, 4.69) is 15.5 Å². The van der Waals surface area contributed by atoms with Crippen molar-refractivity contribution < 1.29 is 23.4 Å². The normalized spacial score (nSPS) is 12.2. The van der Waals surface area contributed by atoms with E-state index in [0.717, 1.165) is 5.56 Å². The fourth-order valence-electron chi connectivity index (χ4n) is 2.73. The van der Waals surface area contributed by atoms with Crippen LogP contribution in [0.15, 0.2) is 46.9 Å². The number of nitrogens with zero attached hydrogens (tertiary/aromatic N) is 2. The van der Waals surface area contributed by atoms with Crippen LogP contribution in [-0.2, 0) is 6.42 Å². The summed E-state index contributed by atoms with van der Waals surface area (Å²) in [7, 11) is 0. The predicted molar refractivity (Wildman–Crippen MR) is 99.8 cm³/mol. The van der Waals surface area contributed by atoms with Gasteiger partial charge < -0.3 is 18.6 Å². The van der Waals surface area contributed by atoms with Crippen LogP contribution < -0.4 is 19.5 Å². The lowest BCUT2D eigenvalue weighted by molar-refractivity contribution is 0.102. The molecule has 2 heterocycles. The van der Waals surface area contributed by atoms with Crippen LogP contribution in [0.2, 0.25) is 0 Å². The average molecular weight is 381 g/mol. The average Bonchev–Trinajstić information content (AvgIpc) is 3.30. The maximum atomic E-state index is 12.3. The highest BCUT2D eigenvalue weighted by atomic mass is 16.7.